The van der Waals surface area contributed by atoms with Crippen LogP contribution in [0.2, 0.25) is 0 Å². The Bertz CT molecular complexity index is 896. The fourth-order valence-electron chi connectivity index (χ4n) is 1.77. The number of hydrogen-bond acceptors (Lipinski definition) is 5. The molecule has 0 saturated heterocycles. The highest BCUT2D eigenvalue weighted by atomic mass is 32.2. The molecule has 0 aliphatic heterocycles. The summed E-state index contributed by atoms with van der Waals surface area (Å²) in [5.41, 5.74) is -0.415. The Kier molecular flexibility index (Phi) is 4.32. The predicted molar refractivity (Wildman–Crippen MR) is 75.3 cm³/mol. The highest BCUT2D eigenvalue weighted by molar-refractivity contribution is 7.91. The van der Waals surface area contributed by atoms with Crippen LogP contribution in [0.1, 0.15) is 10.5 Å². The summed E-state index contributed by atoms with van der Waals surface area (Å²) in [7, 11) is -4.12. The lowest BCUT2D eigenvalue weighted by atomic mass is 10.2. The zero-order chi connectivity index (χ0) is 17.2. The lowest BCUT2D eigenvalue weighted by Crippen LogP contribution is -2.09. The molecule has 0 atom stereocenters. The van der Waals surface area contributed by atoms with Crippen molar-refractivity contribution in [1.29, 1.82) is 0 Å². The number of hydrogen-bond donors (Lipinski definition) is 3. The second kappa shape index (κ2) is 6.05. The van der Waals surface area contributed by atoms with Gasteiger partial charge in [0.15, 0.2) is 0 Å². The van der Waals surface area contributed by atoms with Crippen LogP contribution in [0, 0.1) is 5.82 Å². The van der Waals surface area contributed by atoms with E-state index in [9.17, 15) is 22.4 Å². The summed E-state index contributed by atoms with van der Waals surface area (Å²) < 4.78 is 37.8. The van der Waals surface area contributed by atoms with Crippen LogP contribution in [-0.2, 0) is 14.6 Å². The van der Waals surface area contributed by atoms with Crippen molar-refractivity contribution < 1.29 is 32.6 Å². The zero-order valence-corrected chi connectivity index (χ0v) is 12.2. The highest BCUT2D eigenvalue weighted by Crippen LogP contribution is 2.24. The summed E-state index contributed by atoms with van der Waals surface area (Å²) in [6.45, 7) is 0. The van der Waals surface area contributed by atoms with Gasteiger partial charge in [0.1, 0.15) is 16.4 Å². The number of rotatable bonds is 5. The van der Waals surface area contributed by atoms with Gasteiger partial charge in [-0.15, -0.1) is 0 Å². The molecular weight excluding hydrogens is 329 g/mol. The third kappa shape index (κ3) is 3.29. The Morgan fingerprint density at radius 2 is 1.70 bits per heavy atom. The van der Waals surface area contributed by atoms with E-state index >= 15 is 0 Å². The normalized spacial score (nSPS) is 12.1. The number of allylic oxidation sites excluding steroid dienone is 1. The Morgan fingerprint density at radius 1 is 1.09 bits per heavy atom. The number of aliphatic carboxylic acids is 1. The number of halogens is 1. The van der Waals surface area contributed by atoms with Crippen LogP contribution in [-0.4, -0.2) is 35.4 Å². The molecule has 0 spiro atoms. The summed E-state index contributed by atoms with van der Waals surface area (Å²) in [5, 5.41) is 17.6. The molecule has 9 heteroatoms. The number of H-pyrrole nitrogens is 1. The molecule has 23 heavy (non-hydrogen) atoms. The van der Waals surface area contributed by atoms with Crippen LogP contribution in [0.5, 0.6) is 0 Å². The molecule has 0 amide bonds. The van der Waals surface area contributed by atoms with Gasteiger partial charge >= 0.3 is 5.97 Å². The van der Waals surface area contributed by atoms with E-state index in [4.69, 9.17) is 10.2 Å². The molecule has 0 radical (unpaired) electrons. The van der Waals surface area contributed by atoms with Crippen LogP contribution >= 0.6 is 0 Å². The van der Waals surface area contributed by atoms with Crippen molar-refractivity contribution in [2.75, 3.05) is 0 Å². The van der Waals surface area contributed by atoms with E-state index in [2.05, 4.69) is 4.98 Å². The predicted octanol–water partition coefficient (Wildman–Crippen LogP) is 1.70. The molecule has 1 aromatic carbocycles. The quantitative estimate of drug-likeness (QED) is 0.329. The first-order valence-electron chi connectivity index (χ1n) is 6.10. The molecule has 0 bridgehead atoms. The number of carbonyl (C=O) groups is 2. The molecule has 0 unspecified atom stereocenters. The zero-order valence-electron chi connectivity index (χ0n) is 11.4. The lowest BCUT2D eigenvalue weighted by Gasteiger charge is -2.04. The van der Waals surface area contributed by atoms with E-state index in [1.165, 1.54) is 6.20 Å². The van der Waals surface area contributed by atoms with Gasteiger partial charge in [-0.2, -0.15) is 0 Å². The van der Waals surface area contributed by atoms with E-state index in [0.717, 1.165) is 30.3 Å². The van der Waals surface area contributed by atoms with Gasteiger partial charge in [0.05, 0.1) is 4.90 Å². The average molecular weight is 339 g/mol. The number of aromatic nitrogens is 1. The average Bonchev–Trinajstić information content (AvgIpc) is 2.97. The summed E-state index contributed by atoms with van der Waals surface area (Å²) in [4.78, 5) is 24.2. The largest absolute Gasteiger partial charge is 0.502 e. The number of nitrogens with one attached hydrogen (secondary N) is 1. The molecule has 2 rings (SSSR count). The van der Waals surface area contributed by atoms with Gasteiger partial charge in [0.25, 0.3) is 0 Å². The molecule has 1 heterocycles. The number of carboxylic acids is 1. The molecule has 2 aromatic rings. The van der Waals surface area contributed by atoms with Gasteiger partial charge < -0.3 is 15.2 Å². The molecule has 0 fully saturated rings. The first kappa shape index (κ1) is 16.4. The third-order valence-corrected chi connectivity index (χ3v) is 4.67. The van der Waals surface area contributed by atoms with Crippen molar-refractivity contribution in [3.05, 3.63) is 59.9 Å². The van der Waals surface area contributed by atoms with Gasteiger partial charge in [-0.1, -0.05) is 0 Å². The smallest absolute Gasteiger partial charge is 0.371 e. The Labute approximate surface area is 129 Å². The number of ketones is 1. The molecule has 0 saturated carbocycles. The molecular formula is C14H10FNO6S. The van der Waals surface area contributed by atoms with E-state index < -0.39 is 43.8 Å². The van der Waals surface area contributed by atoms with E-state index in [-0.39, 0.29) is 4.90 Å². The molecule has 1 aromatic heterocycles. The minimum absolute atomic E-state index is 0.237. The van der Waals surface area contributed by atoms with Crippen molar-refractivity contribution in [1.82, 2.24) is 4.98 Å². The summed E-state index contributed by atoms with van der Waals surface area (Å²) in [5.74, 6) is -4.61. The summed E-state index contributed by atoms with van der Waals surface area (Å²) in [6.07, 6.45) is 1.56. The highest BCUT2D eigenvalue weighted by Gasteiger charge is 2.25. The van der Waals surface area contributed by atoms with Crippen molar-refractivity contribution in [2.24, 2.45) is 0 Å². The first-order valence-corrected chi connectivity index (χ1v) is 7.58. The van der Waals surface area contributed by atoms with Gasteiger partial charge in [-0.25, -0.2) is 17.6 Å². The standard InChI is InChI=1S/C14H10FNO6S/c15-8-1-3-9(4-2-8)23(21,22)12-5-6-16-13(12)10(17)7-11(18)14(19)20/h1-7,16,18H,(H,19,20). The van der Waals surface area contributed by atoms with Crippen LogP contribution < -0.4 is 0 Å². The maximum absolute atomic E-state index is 12.9. The SMILES string of the molecule is O=C(O)C(O)=CC(=O)c1[nH]ccc1S(=O)(=O)c1ccc(F)cc1. The summed E-state index contributed by atoms with van der Waals surface area (Å²) >= 11 is 0. The number of carbonyl (C=O) groups excluding carboxylic acids is 1. The van der Waals surface area contributed by atoms with Gasteiger partial charge in [0.2, 0.25) is 21.4 Å². The molecule has 3 N–H and O–H groups in total. The minimum atomic E-state index is -4.12. The Morgan fingerprint density at radius 3 is 2.26 bits per heavy atom. The maximum Gasteiger partial charge on any atom is 0.371 e. The number of carboxylic acid groups (broad SMARTS) is 1. The Hall–Kier alpha value is -2.94. The van der Waals surface area contributed by atoms with Gasteiger partial charge in [-0.05, 0) is 30.3 Å². The number of aliphatic hydroxyl groups excluding tert-OH is 1. The van der Waals surface area contributed by atoms with E-state index in [1.54, 1.807) is 0 Å². The number of aliphatic hydroxyl groups is 1. The van der Waals surface area contributed by atoms with Gasteiger partial charge in [-0.3, -0.25) is 4.79 Å². The molecule has 0 aliphatic carbocycles. The fraction of sp³-hybridized carbons (Fsp3) is 0. The third-order valence-electron chi connectivity index (χ3n) is 2.86. The monoisotopic (exact) mass is 339 g/mol. The number of aromatic amines is 1. The molecule has 7 nitrogen and oxygen atoms in total. The summed E-state index contributed by atoms with van der Waals surface area (Å²) in [6, 6.07) is 5.10. The van der Waals surface area contributed by atoms with Crippen LogP contribution in [0.15, 0.2) is 58.2 Å². The van der Waals surface area contributed by atoms with E-state index in [1.807, 2.05) is 0 Å². The Balaban J connectivity index is 2.49. The maximum atomic E-state index is 12.9. The first-order chi connectivity index (χ1) is 10.7. The van der Waals surface area contributed by atoms with Crippen LogP contribution in [0.3, 0.4) is 0 Å². The fourth-order valence-corrected chi connectivity index (χ4v) is 3.19. The molecule has 0 aliphatic rings. The van der Waals surface area contributed by atoms with Crippen molar-refractivity contribution in [3.63, 3.8) is 0 Å². The second-order valence-corrected chi connectivity index (χ2v) is 6.29. The van der Waals surface area contributed by atoms with E-state index in [0.29, 0.717) is 6.08 Å². The van der Waals surface area contributed by atoms with Crippen molar-refractivity contribution >= 4 is 21.6 Å². The lowest BCUT2D eigenvalue weighted by molar-refractivity contribution is -0.135. The second-order valence-electron chi connectivity index (χ2n) is 4.37. The number of benzene rings is 1. The topological polar surface area (TPSA) is 125 Å². The van der Waals surface area contributed by atoms with Gasteiger partial charge in [0, 0.05) is 12.3 Å². The molecule has 120 valence electrons. The van der Waals surface area contributed by atoms with Crippen LogP contribution in [0.4, 0.5) is 4.39 Å². The number of sulfone groups is 1. The van der Waals surface area contributed by atoms with Crippen LogP contribution in [0.25, 0.3) is 0 Å². The van der Waals surface area contributed by atoms with Crippen molar-refractivity contribution in [3.8, 4) is 0 Å². The van der Waals surface area contributed by atoms with Crippen molar-refractivity contribution in [2.45, 2.75) is 9.79 Å². The minimum Gasteiger partial charge on any atom is -0.502 e.